The molecule has 0 bridgehead atoms. The predicted molar refractivity (Wildman–Crippen MR) is 107 cm³/mol. The van der Waals surface area contributed by atoms with Crippen molar-refractivity contribution in [3.63, 3.8) is 0 Å². The van der Waals surface area contributed by atoms with Gasteiger partial charge in [0, 0.05) is 6.42 Å². The number of nitrogens with two attached hydrogens (primary N) is 1. The Morgan fingerprint density at radius 2 is 1.28 bits per heavy atom. The van der Waals surface area contributed by atoms with Gasteiger partial charge in [-0.25, -0.2) is 4.79 Å². The van der Waals surface area contributed by atoms with Crippen molar-refractivity contribution >= 4 is 35.6 Å². The van der Waals surface area contributed by atoms with Crippen molar-refractivity contribution in [2.75, 3.05) is 0 Å². The second-order valence-electron chi connectivity index (χ2n) is 7.49. The van der Waals surface area contributed by atoms with E-state index in [1.165, 1.54) is 20.8 Å². The van der Waals surface area contributed by atoms with Gasteiger partial charge < -0.3 is 42.1 Å². The Morgan fingerprint density at radius 3 is 1.69 bits per heavy atom. The van der Waals surface area contributed by atoms with Gasteiger partial charge >= 0.3 is 17.9 Å². The average Bonchev–Trinajstić information content (AvgIpc) is 2.65. The van der Waals surface area contributed by atoms with Gasteiger partial charge in [0.15, 0.2) is 0 Å². The molecule has 5 atom stereocenters. The molecule has 0 saturated carbocycles. The Hall–Kier alpha value is -3.26. The standard InChI is InChI=1S/C18H30N4O10/c1-7(2)13(16(29)20-10(18(31)32)4-5-11(24)25)21-17(30)14(8(3)23)22-15(28)9(19)6-12(26)27/h7-10,13-14,23H,4-6,19H2,1-3H3,(H,20,29)(H,21,30)(H,22,28)(H,24,25)(H,26,27)(H,31,32). The van der Waals surface area contributed by atoms with Crippen LogP contribution in [0.15, 0.2) is 0 Å². The third-order valence-electron chi connectivity index (χ3n) is 4.30. The van der Waals surface area contributed by atoms with Crippen LogP contribution in [0.4, 0.5) is 0 Å². The highest BCUT2D eigenvalue weighted by atomic mass is 16.4. The Labute approximate surface area is 183 Å². The molecule has 14 nitrogen and oxygen atoms in total. The van der Waals surface area contributed by atoms with Crippen molar-refractivity contribution in [2.24, 2.45) is 11.7 Å². The first-order valence-corrected chi connectivity index (χ1v) is 9.68. The van der Waals surface area contributed by atoms with Gasteiger partial charge in [0.1, 0.15) is 18.1 Å². The summed E-state index contributed by atoms with van der Waals surface area (Å²) < 4.78 is 0. The summed E-state index contributed by atoms with van der Waals surface area (Å²) in [5.74, 6) is -7.55. The molecule has 14 heteroatoms. The molecule has 0 heterocycles. The lowest BCUT2D eigenvalue weighted by Crippen LogP contribution is -2.60. The molecule has 0 aliphatic rings. The predicted octanol–water partition coefficient (Wildman–Crippen LogP) is -2.77. The van der Waals surface area contributed by atoms with E-state index < -0.39 is 84.7 Å². The number of amides is 3. The summed E-state index contributed by atoms with van der Waals surface area (Å²) in [6.45, 7) is 4.25. The first kappa shape index (κ1) is 28.7. The molecule has 0 saturated heterocycles. The van der Waals surface area contributed by atoms with Crippen LogP contribution in [0.3, 0.4) is 0 Å². The minimum atomic E-state index is -1.58. The number of carboxylic acids is 3. The normalized spacial score (nSPS) is 15.6. The smallest absolute Gasteiger partial charge is 0.326 e. The summed E-state index contributed by atoms with van der Waals surface area (Å²) in [7, 11) is 0. The summed E-state index contributed by atoms with van der Waals surface area (Å²) in [6.07, 6.45) is -3.07. The van der Waals surface area contributed by atoms with Crippen LogP contribution in [-0.4, -0.2) is 86.3 Å². The summed E-state index contributed by atoms with van der Waals surface area (Å²) >= 11 is 0. The quantitative estimate of drug-likeness (QED) is 0.131. The largest absolute Gasteiger partial charge is 0.481 e. The number of aliphatic hydroxyl groups excluding tert-OH is 1. The molecule has 5 unspecified atom stereocenters. The van der Waals surface area contributed by atoms with Gasteiger partial charge in [-0.1, -0.05) is 13.8 Å². The van der Waals surface area contributed by atoms with Crippen molar-refractivity contribution in [1.82, 2.24) is 16.0 Å². The summed E-state index contributed by atoms with van der Waals surface area (Å²) in [4.78, 5) is 69.8. The molecule has 0 aromatic rings. The lowest BCUT2D eigenvalue weighted by molar-refractivity contribution is -0.143. The minimum absolute atomic E-state index is 0.386. The van der Waals surface area contributed by atoms with Crippen molar-refractivity contribution in [1.29, 1.82) is 0 Å². The number of hydrogen-bond donors (Lipinski definition) is 8. The van der Waals surface area contributed by atoms with Gasteiger partial charge in [0.2, 0.25) is 17.7 Å². The fourth-order valence-corrected chi connectivity index (χ4v) is 2.51. The molecular weight excluding hydrogens is 432 g/mol. The van der Waals surface area contributed by atoms with Gasteiger partial charge in [0.25, 0.3) is 0 Å². The molecule has 0 aromatic heterocycles. The maximum Gasteiger partial charge on any atom is 0.326 e. The Kier molecular flexibility index (Phi) is 11.9. The maximum atomic E-state index is 12.6. The third-order valence-corrected chi connectivity index (χ3v) is 4.30. The first-order valence-electron chi connectivity index (χ1n) is 9.68. The maximum absolute atomic E-state index is 12.6. The van der Waals surface area contributed by atoms with Crippen LogP contribution in [-0.2, 0) is 28.8 Å². The monoisotopic (exact) mass is 462 g/mol. The molecule has 0 aromatic carbocycles. The summed E-state index contributed by atoms with van der Waals surface area (Å²) in [5, 5.41) is 43.0. The Bertz CT molecular complexity index is 725. The van der Waals surface area contributed by atoms with Crippen molar-refractivity contribution < 1.29 is 49.2 Å². The van der Waals surface area contributed by atoms with Crippen LogP contribution in [0.25, 0.3) is 0 Å². The van der Waals surface area contributed by atoms with E-state index in [1.807, 2.05) is 0 Å². The van der Waals surface area contributed by atoms with Crippen LogP contribution in [0, 0.1) is 5.92 Å². The van der Waals surface area contributed by atoms with E-state index in [0.29, 0.717) is 0 Å². The highest BCUT2D eigenvalue weighted by molar-refractivity contribution is 5.95. The Balaban J connectivity index is 5.36. The molecule has 0 aliphatic heterocycles. The van der Waals surface area contributed by atoms with Crippen molar-refractivity contribution in [3.8, 4) is 0 Å². The molecule has 0 radical (unpaired) electrons. The van der Waals surface area contributed by atoms with Gasteiger partial charge in [-0.2, -0.15) is 0 Å². The molecule has 32 heavy (non-hydrogen) atoms. The average molecular weight is 462 g/mol. The van der Waals surface area contributed by atoms with Crippen molar-refractivity contribution in [2.45, 2.75) is 70.3 Å². The first-order chi connectivity index (χ1) is 14.7. The van der Waals surface area contributed by atoms with Gasteiger partial charge in [-0.05, 0) is 19.3 Å². The van der Waals surface area contributed by atoms with Gasteiger partial charge in [-0.3, -0.25) is 24.0 Å². The molecule has 3 amide bonds. The number of carbonyl (C=O) groups excluding carboxylic acids is 3. The van der Waals surface area contributed by atoms with Gasteiger partial charge in [0.05, 0.1) is 18.6 Å². The lowest BCUT2D eigenvalue weighted by Gasteiger charge is -2.28. The van der Waals surface area contributed by atoms with E-state index in [-0.39, 0.29) is 6.42 Å². The number of aliphatic carboxylic acids is 3. The molecule has 182 valence electrons. The highest BCUT2D eigenvalue weighted by Gasteiger charge is 2.34. The molecule has 0 spiro atoms. The zero-order valence-corrected chi connectivity index (χ0v) is 17.9. The zero-order valence-electron chi connectivity index (χ0n) is 17.9. The van der Waals surface area contributed by atoms with Crippen LogP contribution in [0.1, 0.15) is 40.0 Å². The number of carbonyl (C=O) groups is 6. The molecular formula is C18H30N4O10. The number of nitrogens with one attached hydrogen (secondary N) is 3. The number of hydrogen-bond acceptors (Lipinski definition) is 8. The van der Waals surface area contributed by atoms with Crippen LogP contribution in [0.2, 0.25) is 0 Å². The third kappa shape index (κ3) is 10.2. The van der Waals surface area contributed by atoms with E-state index in [4.69, 9.17) is 15.9 Å². The molecule has 0 fully saturated rings. The summed E-state index contributed by atoms with van der Waals surface area (Å²) in [6, 6.07) is -5.88. The fourth-order valence-electron chi connectivity index (χ4n) is 2.51. The number of aliphatic hydroxyl groups is 1. The fraction of sp³-hybridized carbons (Fsp3) is 0.667. The second-order valence-corrected chi connectivity index (χ2v) is 7.49. The SMILES string of the molecule is CC(C)C(NC(=O)C(NC(=O)C(N)CC(=O)O)C(C)O)C(=O)NC(CCC(=O)O)C(=O)O. The molecule has 9 N–H and O–H groups in total. The topological polar surface area (TPSA) is 245 Å². The van der Waals surface area contributed by atoms with Crippen LogP contribution >= 0.6 is 0 Å². The van der Waals surface area contributed by atoms with E-state index in [2.05, 4.69) is 16.0 Å². The van der Waals surface area contributed by atoms with Crippen LogP contribution in [0.5, 0.6) is 0 Å². The summed E-state index contributed by atoms with van der Waals surface area (Å²) in [5.41, 5.74) is 5.43. The molecule has 0 aliphatic carbocycles. The van der Waals surface area contributed by atoms with E-state index in [1.54, 1.807) is 0 Å². The minimum Gasteiger partial charge on any atom is -0.481 e. The highest BCUT2D eigenvalue weighted by Crippen LogP contribution is 2.07. The van der Waals surface area contributed by atoms with Gasteiger partial charge in [-0.15, -0.1) is 0 Å². The van der Waals surface area contributed by atoms with E-state index in [9.17, 15) is 39.0 Å². The number of carboxylic acid groups (broad SMARTS) is 3. The van der Waals surface area contributed by atoms with Crippen LogP contribution < -0.4 is 21.7 Å². The molecule has 0 rings (SSSR count). The zero-order chi connectivity index (χ0) is 25.2. The van der Waals surface area contributed by atoms with E-state index in [0.717, 1.165) is 0 Å². The van der Waals surface area contributed by atoms with E-state index >= 15 is 0 Å². The Morgan fingerprint density at radius 1 is 0.781 bits per heavy atom. The number of rotatable bonds is 14. The lowest BCUT2D eigenvalue weighted by atomic mass is 10.0. The van der Waals surface area contributed by atoms with Crippen molar-refractivity contribution in [3.05, 3.63) is 0 Å². The second kappa shape index (κ2) is 13.2.